The lowest BCUT2D eigenvalue weighted by atomic mass is 10.00. The van der Waals surface area contributed by atoms with Crippen molar-refractivity contribution in [2.24, 2.45) is 0 Å². The van der Waals surface area contributed by atoms with Gasteiger partial charge in [0.25, 0.3) is 0 Å². The molecule has 0 spiro atoms. The first-order valence-corrected chi connectivity index (χ1v) is 5.47. The second-order valence-electron chi connectivity index (χ2n) is 5.60. The molecule has 2 N–H and O–H groups in total. The van der Waals surface area contributed by atoms with Crippen LogP contribution in [0.4, 0.5) is 4.79 Å². The van der Waals surface area contributed by atoms with E-state index < -0.39 is 23.3 Å². The highest BCUT2D eigenvalue weighted by Crippen LogP contribution is 2.30. The predicted octanol–water partition coefficient (Wildman–Crippen LogP) is 0.739. The molecule has 0 unspecified atom stereocenters. The molecule has 0 aliphatic carbocycles. The molecule has 0 aromatic heterocycles. The maximum Gasteiger partial charge on any atom is 0.410 e. The van der Waals surface area contributed by atoms with E-state index in [4.69, 9.17) is 4.74 Å². The average Bonchev–Trinajstić information content (AvgIpc) is 2.40. The highest BCUT2D eigenvalue weighted by Gasteiger charge is 2.45. The molecule has 0 aromatic carbocycles. The zero-order chi connectivity index (χ0) is 12.6. The van der Waals surface area contributed by atoms with Gasteiger partial charge in [-0.05, 0) is 27.7 Å². The standard InChI is InChI=1S/C11H21NO4/c1-10(2,3)16-9(15)12-6-8(14)5-11(12,4)7-13/h8,13-14H,5-7H2,1-4H3/t8-,11+/m1/s1. The smallest absolute Gasteiger partial charge is 0.410 e. The summed E-state index contributed by atoms with van der Waals surface area (Å²) in [6.07, 6.45) is -0.701. The molecule has 1 rings (SSSR count). The molecule has 94 valence electrons. The molecule has 5 nitrogen and oxygen atoms in total. The quantitative estimate of drug-likeness (QED) is 0.698. The molecule has 0 saturated carbocycles. The fourth-order valence-corrected chi connectivity index (χ4v) is 1.88. The molecule has 5 heteroatoms. The second-order valence-corrected chi connectivity index (χ2v) is 5.60. The van der Waals surface area contributed by atoms with Crippen LogP contribution in [-0.4, -0.2) is 51.6 Å². The van der Waals surface area contributed by atoms with Crippen LogP contribution < -0.4 is 0 Å². The van der Waals surface area contributed by atoms with Crippen LogP contribution in [0.15, 0.2) is 0 Å². The van der Waals surface area contributed by atoms with Crippen molar-refractivity contribution >= 4 is 6.09 Å². The normalized spacial score (nSPS) is 30.6. The van der Waals surface area contributed by atoms with Crippen molar-refractivity contribution in [3.8, 4) is 0 Å². The first kappa shape index (κ1) is 13.3. The monoisotopic (exact) mass is 231 g/mol. The van der Waals surface area contributed by atoms with Gasteiger partial charge in [0.15, 0.2) is 0 Å². The van der Waals surface area contributed by atoms with Gasteiger partial charge in [-0.25, -0.2) is 4.79 Å². The minimum atomic E-state index is -0.720. The Hall–Kier alpha value is -0.810. The number of aliphatic hydroxyl groups excluding tert-OH is 2. The van der Waals surface area contributed by atoms with Crippen molar-refractivity contribution in [1.29, 1.82) is 0 Å². The molecule has 2 atom stereocenters. The van der Waals surface area contributed by atoms with Crippen molar-refractivity contribution in [2.45, 2.75) is 51.4 Å². The summed E-state index contributed by atoms with van der Waals surface area (Å²) in [4.78, 5) is 13.3. The fourth-order valence-electron chi connectivity index (χ4n) is 1.88. The minimum Gasteiger partial charge on any atom is -0.444 e. The Morgan fingerprint density at radius 2 is 2.12 bits per heavy atom. The molecule has 1 amide bonds. The topological polar surface area (TPSA) is 70.0 Å². The molecule has 1 aliphatic rings. The Morgan fingerprint density at radius 1 is 1.56 bits per heavy atom. The molecule has 0 radical (unpaired) electrons. The fraction of sp³-hybridized carbons (Fsp3) is 0.909. The van der Waals surface area contributed by atoms with Gasteiger partial charge >= 0.3 is 6.09 Å². The van der Waals surface area contributed by atoms with Gasteiger partial charge in [-0.3, -0.25) is 4.90 Å². The largest absolute Gasteiger partial charge is 0.444 e. The number of β-amino-alcohol motifs (C(OH)–C–C–N with tert-alkyl or cyclic N) is 1. The maximum atomic E-state index is 11.9. The number of amides is 1. The molecule has 1 saturated heterocycles. The number of ether oxygens (including phenoxy) is 1. The molecular weight excluding hydrogens is 210 g/mol. The Morgan fingerprint density at radius 3 is 2.56 bits per heavy atom. The zero-order valence-corrected chi connectivity index (χ0v) is 10.4. The zero-order valence-electron chi connectivity index (χ0n) is 10.4. The molecular formula is C11H21NO4. The van der Waals surface area contributed by atoms with E-state index in [0.717, 1.165) is 0 Å². The van der Waals surface area contributed by atoms with E-state index in [1.807, 2.05) is 0 Å². The summed E-state index contributed by atoms with van der Waals surface area (Å²) in [6, 6.07) is 0. The molecule has 0 aromatic rings. The van der Waals surface area contributed by atoms with Crippen LogP contribution in [0, 0.1) is 0 Å². The third-order valence-corrected chi connectivity index (χ3v) is 2.67. The Labute approximate surface area is 96.0 Å². The van der Waals surface area contributed by atoms with Gasteiger partial charge in [-0.2, -0.15) is 0 Å². The average molecular weight is 231 g/mol. The van der Waals surface area contributed by atoms with Crippen LogP contribution in [0.2, 0.25) is 0 Å². The number of hydrogen-bond donors (Lipinski definition) is 2. The van der Waals surface area contributed by atoms with Crippen LogP contribution >= 0.6 is 0 Å². The number of nitrogens with zero attached hydrogens (tertiary/aromatic N) is 1. The molecule has 1 fully saturated rings. The maximum absolute atomic E-state index is 11.9. The van der Waals surface area contributed by atoms with E-state index in [9.17, 15) is 15.0 Å². The summed E-state index contributed by atoms with van der Waals surface area (Å²) in [6.45, 7) is 7.14. The van der Waals surface area contributed by atoms with Crippen molar-refractivity contribution in [2.75, 3.05) is 13.2 Å². The van der Waals surface area contributed by atoms with E-state index in [1.165, 1.54) is 4.90 Å². The molecule has 16 heavy (non-hydrogen) atoms. The summed E-state index contributed by atoms with van der Waals surface area (Å²) in [5, 5.41) is 18.9. The van der Waals surface area contributed by atoms with Crippen molar-refractivity contribution in [3.63, 3.8) is 0 Å². The highest BCUT2D eigenvalue weighted by molar-refractivity contribution is 5.69. The number of likely N-dealkylation sites (tertiary alicyclic amines) is 1. The van der Waals surface area contributed by atoms with Crippen molar-refractivity contribution < 1.29 is 19.7 Å². The van der Waals surface area contributed by atoms with Crippen LogP contribution in [-0.2, 0) is 4.74 Å². The van der Waals surface area contributed by atoms with Crippen molar-refractivity contribution in [1.82, 2.24) is 4.90 Å². The second kappa shape index (κ2) is 4.22. The van der Waals surface area contributed by atoms with Gasteiger partial charge in [0.2, 0.25) is 0 Å². The number of rotatable bonds is 1. The minimum absolute atomic E-state index is 0.177. The van der Waals surface area contributed by atoms with Crippen LogP contribution in [0.1, 0.15) is 34.1 Å². The SMILES string of the molecule is CC(C)(C)OC(=O)N1C[C@H](O)C[C@@]1(C)CO. The van der Waals surface area contributed by atoms with Gasteiger partial charge in [0.05, 0.1) is 24.8 Å². The van der Waals surface area contributed by atoms with Crippen LogP contribution in [0.5, 0.6) is 0 Å². The van der Waals surface area contributed by atoms with E-state index in [0.29, 0.717) is 6.42 Å². The Bertz CT molecular complexity index is 274. The van der Waals surface area contributed by atoms with E-state index in [-0.39, 0.29) is 13.2 Å². The lowest BCUT2D eigenvalue weighted by molar-refractivity contribution is -0.000401. The first-order valence-electron chi connectivity index (χ1n) is 5.47. The summed E-state index contributed by atoms with van der Waals surface area (Å²) < 4.78 is 5.23. The van der Waals surface area contributed by atoms with Crippen LogP contribution in [0.25, 0.3) is 0 Å². The summed E-state index contributed by atoms with van der Waals surface area (Å²) in [5.74, 6) is 0. The third kappa shape index (κ3) is 2.86. The van der Waals surface area contributed by atoms with Gasteiger partial charge < -0.3 is 14.9 Å². The van der Waals surface area contributed by atoms with E-state index in [1.54, 1.807) is 27.7 Å². The molecule has 1 heterocycles. The number of carbonyl (C=O) groups excluding carboxylic acids is 1. The lowest BCUT2D eigenvalue weighted by Crippen LogP contribution is -2.49. The van der Waals surface area contributed by atoms with Crippen LogP contribution in [0.3, 0.4) is 0 Å². The number of aliphatic hydroxyl groups is 2. The van der Waals surface area contributed by atoms with E-state index >= 15 is 0 Å². The third-order valence-electron chi connectivity index (χ3n) is 2.67. The number of hydrogen-bond acceptors (Lipinski definition) is 4. The van der Waals surface area contributed by atoms with Gasteiger partial charge in [0, 0.05) is 6.42 Å². The highest BCUT2D eigenvalue weighted by atomic mass is 16.6. The first-order chi connectivity index (χ1) is 7.18. The van der Waals surface area contributed by atoms with E-state index in [2.05, 4.69) is 0 Å². The van der Waals surface area contributed by atoms with Gasteiger partial charge in [0.1, 0.15) is 5.60 Å². The van der Waals surface area contributed by atoms with Crippen molar-refractivity contribution in [3.05, 3.63) is 0 Å². The summed E-state index contributed by atoms with van der Waals surface area (Å²) >= 11 is 0. The predicted molar refractivity (Wildman–Crippen MR) is 59.1 cm³/mol. The molecule has 0 bridgehead atoms. The van der Waals surface area contributed by atoms with Gasteiger partial charge in [-0.15, -0.1) is 0 Å². The van der Waals surface area contributed by atoms with Gasteiger partial charge in [-0.1, -0.05) is 0 Å². The summed E-state index contributed by atoms with van der Waals surface area (Å²) in [5.41, 5.74) is -1.29. The molecule has 1 aliphatic heterocycles. The lowest BCUT2D eigenvalue weighted by Gasteiger charge is -2.34. The Kier molecular flexibility index (Phi) is 3.50. The Balaban J connectivity index is 2.75. The number of carbonyl (C=O) groups is 1. The summed E-state index contributed by atoms with van der Waals surface area (Å²) in [7, 11) is 0.